The number of fused-ring (bicyclic) bond motifs is 2. The Hall–Kier alpha value is -1.14. The van der Waals surface area contributed by atoms with E-state index in [9.17, 15) is 5.11 Å². The van der Waals surface area contributed by atoms with Gasteiger partial charge in [0.05, 0.1) is 6.10 Å². The number of anilines is 2. The number of nitrogens with one attached hydrogen (secondary N) is 1. The first-order valence-corrected chi connectivity index (χ1v) is 7.67. The Balaban J connectivity index is 1.85. The van der Waals surface area contributed by atoms with Crippen molar-refractivity contribution < 1.29 is 5.11 Å². The van der Waals surface area contributed by atoms with Crippen molar-refractivity contribution in [2.45, 2.75) is 57.2 Å². The molecule has 110 valence electrons. The third-order valence-electron chi connectivity index (χ3n) is 4.07. The van der Waals surface area contributed by atoms with Gasteiger partial charge in [0.1, 0.15) is 0 Å². The second-order valence-corrected chi connectivity index (χ2v) is 5.91. The van der Waals surface area contributed by atoms with Crippen LogP contribution in [0.1, 0.15) is 39.0 Å². The van der Waals surface area contributed by atoms with Crippen LogP contribution in [0.3, 0.4) is 0 Å². The van der Waals surface area contributed by atoms with Crippen molar-refractivity contribution in [1.82, 2.24) is 15.0 Å². The monoisotopic (exact) mass is 297 g/mol. The summed E-state index contributed by atoms with van der Waals surface area (Å²) in [5.41, 5.74) is 0. The topological polar surface area (TPSA) is 74.2 Å². The van der Waals surface area contributed by atoms with Crippen LogP contribution in [0.25, 0.3) is 0 Å². The van der Waals surface area contributed by atoms with Gasteiger partial charge in [-0.1, -0.05) is 6.92 Å². The van der Waals surface area contributed by atoms with Gasteiger partial charge in [-0.3, -0.25) is 0 Å². The molecule has 1 aromatic rings. The standard InChI is InChI=1S/C13H20ClN5O/c1-2-5-15-12-16-11(14)17-13(18-12)19-8-3-4-9(19)7-10(20)6-8/h8-10,20H,2-7H2,1H3,(H,15,16,17,18). The van der Waals surface area contributed by atoms with Crippen LogP contribution in [-0.2, 0) is 0 Å². The Kier molecular flexibility index (Phi) is 3.94. The van der Waals surface area contributed by atoms with E-state index in [1.807, 2.05) is 0 Å². The van der Waals surface area contributed by atoms with Gasteiger partial charge < -0.3 is 15.3 Å². The van der Waals surface area contributed by atoms with Gasteiger partial charge in [-0.2, -0.15) is 15.0 Å². The number of nitrogens with zero attached hydrogens (tertiary/aromatic N) is 4. The Morgan fingerprint density at radius 1 is 1.25 bits per heavy atom. The van der Waals surface area contributed by atoms with E-state index in [2.05, 4.69) is 32.1 Å². The van der Waals surface area contributed by atoms with Crippen LogP contribution in [0.5, 0.6) is 0 Å². The molecule has 2 aliphatic rings. The lowest BCUT2D eigenvalue weighted by molar-refractivity contribution is 0.125. The number of aliphatic hydroxyl groups excluding tert-OH is 1. The maximum atomic E-state index is 9.86. The van der Waals surface area contributed by atoms with Crippen molar-refractivity contribution in [3.63, 3.8) is 0 Å². The highest BCUT2D eigenvalue weighted by Crippen LogP contribution is 2.38. The molecule has 3 rings (SSSR count). The van der Waals surface area contributed by atoms with Gasteiger partial charge in [0.15, 0.2) is 0 Å². The quantitative estimate of drug-likeness (QED) is 0.883. The SMILES string of the molecule is CCCNc1nc(Cl)nc(N2C3CCC2CC(O)C3)n1. The Labute approximate surface area is 123 Å². The molecule has 2 atom stereocenters. The molecule has 2 saturated heterocycles. The molecule has 0 amide bonds. The number of hydrogen-bond acceptors (Lipinski definition) is 6. The fraction of sp³-hybridized carbons (Fsp3) is 0.769. The minimum Gasteiger partial charge on any atom is -0.393 e. The Morgan fingerprint density at radius 3 is 2.60 bits per heavy atom. The molecular weight excluding hydrogens is 278 g/mol. The third-order valence-corrected chi connectivity index (χ3v) is 4.24. The zero-order valence-electron chi connectivity index (χ0n) is 11.6. The first kappa shape index (κ1) is 13.8. The molecule has 1 aromatic heterocycles. The van der Waals surface area contributed by atoms with Gasteiger partial charge in [0.2, 0.25) is 17.2 Å². The molecule has 20 heavy (non-hydrogen) atoms. The summed E-state index contributed by atoms with van der Waals surface area (Å²) in [6.07, 6.45) is 4.55. The molecular formula is C13H20ClN5O. The Bertz CT molecular complexity index is 472. The van der Waals surface area contributed by atoms with Crippen LogP contribution in [0.4, 0.5) is 11.9 Å². The van der Waals surface area contributed by atoms with Crippen molar-refractivity contribution in [2.24, 2.45) is 0 Å². The van der Waals surface area contributed by atoms with Gasteiger partial charge in [-0.05, 0) is 43.7 Å². The first-order chi connectivity index (χ1) is 9.67. The fourth-order valence-corrected chi connectivity index (χ4v) is 3.40. The number of hydrogen-bond donors (Lipinski definition) is 2. The molecule has 0 radical (unpaired) electrons. The summed E-state index contributed by atoms with van der Waals surface area (Å²) < 4.78 is 0. The maximum Gasteiger partial charge on any atom is 0.231 e. The lowest BCUT2D eigenvalue weighted by Crippen LogP contribution is -2.45. The average Bonchev–Trinajstić information content (AvgIpc) is 2.68. The molecule has 2 aliphatic heterocycles. The number of aromatic nitrogens is 3. The van der Waals surface area contributed by atoms with Crippen LogP contribution in [-0.4, -0.2) is 44.8 Å². The maximum absolute atomic E-state index is 9.86. The van der Waals surface area contributed by atoms with Crippen molar-refractivity contribution in [3.8, 4) is 0 Å². The molecule has 2 bridgehead atoms. The highest BCUT2D eigenvalue weighted by Gasteiger charge is 2.41. The second kappa shape index (κ2) is 5.69. The van der Waals surface area contributed by atoms with E-state index in [0.29, 0.717) is 24.0 Å². The molecule has 2 N–H and O–H groups in total. The van der Waals surface area contributed by atoms with Gasteiger partial charge in [0, 0.05) is 18.6 Å². The predicted molar refractivity (Wildman–Crippen MR) is 78.1 cm³/mol. The predicted octanol–water partition coefficient (Wildman–Crippen LogP) is 1.84. The number of piperidine rings is 1. The summed E-state index contributed by atoms with van der Waals surface area (Å²) in [6.45, 7) is 2.90. The van der Waals surface area contributed by atoms with Crippen LogP contribution in [0.2, 0.25) is 5.28 Å². The van der Waals surface area contributed by atoms with Gasteiger partial charge in [-0.15, -0.1) is 0 Å². The lowest BCUT2D eigenvalue weighted by Gasteiger charge is -2.37. The fourth-order valence-electron chi connectivity index (χ4n) is 3.25. The zero-order chi connectivity index (χ0) is 14.1. The minimum atomic E-state index is -0.196. The largest absolute Gasteiger partial charge is 0.393 e. The Morgan fingerprint density at radius 2 is 1.95 bits per heavy atom. The summed E-state index contributed by atoms with van der Waals surface area (Å²) in [6, 6.07) is 0.641. The normalized spacial score (nSPS) is 28.8. The smallest absolute Gasteiger partial charge is 0.231 e. The second-order valence-electron chi connectivity index (χ2n) is 5.57. The average molecular weight is 298 g/mol. The number of rotatable bonds is 4. The molecule has 2 unspecified atom stereocenters. The summed E-state index contributed by atoms with van der Waals surface area (Å²) in [5, 5.41) is 13.2. The summed E-state index contributed by atoms with van der Waals surface area (Å²) >= 11 is 6.01. The van der Waals surface area contributed by atoms with E-state index in [1.165, 1.54) is 0 Å². The van der Waals surface area contributed by atoms with E-state index >= 15 is 0 Å². The van der Waals surface area contributed by atoms with Crippen LogP contribution in [0.15, 0.2) is 0 Å². The van der Waals surface area contributed by atoms with Crippen LogP contribution in [0, 0.1) is 0 Å². The minimum absolute atomic E-state index is 0.196. The molecule has 0 aromatic carbocycles. The molecule has 2 fully saturated rings. The van der Waals surface area contributed by atoms with Gasteiger partial charge in [-0.25, -0.2) is 0 Å². The van der Waals surface area contributed by atoms with E-state index in [0.717, 1.165) is 38.6 Å². The van der Waals surface area contributed by atoms with Crippen molar-refractivity contribution in [3.05, 3.63) is 5.28 Å². The highest BCUT2D eigenvalue weighted by atomic mass is 35.5. The zero-order valence-corrected chi connectivity index (χ0v) is 12.3. The van der Waals surface area contributed by atoms with Crippen LogP contribution >= 0.6 is 11.6 Å². The molecule has 3 heterocycles. The van der Waals surface area contributed by atoms with E-state index in [1.54, 1.807) is 0 Å². The van der Waals surface area contributed by atoms with E-state index < -0.39 is 0 Å². The van der Waals surface area contributed by atoms with Gasteiger partial charge in [0.25, 0.3) is 0 Å². The molecule has 0 aliphatic carbocycles. The third kappa shape index (κ3) is 2.67. The van der Waals surface area contributed by atoms with Crippen molar-refractivity contribution in [2.75, 3.05) is 16.8 Å². The van der Waals surface area contributed by atoms with E-state index in [-0.39, 0.29) is 11.4 Å². The first-order valence-electron chi connectivity index (χ1n) is 7.29. The van der Waals surface area contributed by atoms with E-state index in [4.69, 9.17) is 11.6 Å². The number of aliphatic hydroxyl groups is 1. The van der Waals surface area contributed by atoms with Gasteiger partial charge >= 0.3 is 0 Å². The summed E-state index contributed by atoms with van der Waals surface area (Å²) in [5.74, 6) is 1.18. The van der Waals surface area contributed by atoms with Crippen molar-refractivity contribution in [1.29, 1.82) is 0 Å². The molecule has 6 nitrogen and oxygen atoms in total. The van der Waals surface area contributed by atoms with Crippen LogP contribution < -0.4 is 10.2 Å². The molecule has 7 heteroatoms. The summed E-state index contributed by atoms with van der Waals surface area (Å²) in [7, 11) is 0. The molecule has 0 spiro atoms. The highest BCUT2D eigenvalue weighted by molar-refractivity contribution is 6.28. The number of halogens is 1. The lowest BCUT2D eigenvalue weighted by atomic mass is 10.0. The summed E-state index contributed by atoms with van der Waals surface area (Å²) in [4.78, 5) is 15.1. The molecule has 0 saturated carbocycles. The van der Waals surface area contributed by atoms with Crippen molar-refractivity contribution >= 4 is 23.5 Å².